The first-order valence-corrected chi connectivity index (χ1v) is 9.40. The minimum Gasteiger partial charge on any atom is -0.444 e. The lowest BCUT2D eigenvalue weighted by atomic mass is 10.2. The summed E-state index contributed by atoms with van der Waals surface area (Å²) in [6.45, 7) is 9.33. The zero-order valence-electron chi connectivity index (χ0n) is 16.7. The number of hydrogen-bond donors (Lipinski definition) is 1. The number of ether oxygens (including phenoxy) is 1. The minimum absolute atomic E-state index is 0.0383. The molecule has 3 heterocycles. The molecule has 3 rings (SSSR count). The second kappa shape index (κ2) is 7.78. The Balaban J connectivity index is 1.75. The van der Waals surface area contributed by atoms with Crippen LogP contribution in [0.25, 0.3) is 0 Å². The summed E-state index contributed by atoms with van der Waals surface area (Å²) in [6, 6.07) is -0.0383. The van der Waals surface area contributed by atoms with E-state index >= 15 is 0 Å². The number of nitrogens with one attached hydrogen (secondary N) is 1. The third-order valence-corrected chi connectivity index (χ3v) is 4.37. The van der Waals surface area contributed by atoms with E-state index in [1.54, 1.807) is 29.0 Å². The van der Waals surface area contributed by atoms with E-state index < -0.39 is 5.60 Å². The van der Waals surface area contributed by atoms with Gasteiger partial charge in [-0.15, -0.1) is 5.10 Å². The van der Waals surface area contributed by atoms with Crippen LogP contribution in [0.2, 0.25) is 5.28 Å². The van der Waals surface area contributed by atoms with E-state index in [1.807, 2.05) is 27.7 Å². The number of anilines is 3. The number of carbonyl (C=O) groups is 1. The summed E-state index contributed by atoms with van der Waals surface area (Å²) in [5.41, 5.74) is 0.261. The number of aryl methyl sites for hydroxylation is 1. The topological polar surface area (TPSA) is 101 Å². The summed E-state index contributed by atoms with van der Waals surface area (Å²) in [7, 11) is 1.78. The molecule has 1 N–H and O–H groups in total. The van der Waals surface area contributed by atoms with Crippen molar-refractivity contribution in [1.82, 2.24) is 29.9 Å². The molecule has 0 saturated carbocycles. The Morgan fingerprint density at radius 1 is 1.36 bits per heavy atom. The SMILES string of the molecule is CC1CN(c2cnc(Cl)nc2Nc2cn(C)nn2)CCN1C(=O)OC(C)(C)C. The Bertz CT molecular complexity index is 850. The zero-order chi connectivity index (χ0) is 20.5. The van der Waals surface area contributed by atoms with Gasteiger partial charge in [0.15, 0.2) is 11.6 Å². The molecule has 1 aliphatic rings. The Labute approximate surface area is 168 Å². The average molecular weight is 409 g/mol. The summed E-state index contributed by atoms with van der Waals surface area (Å²) >= 11 is 5.99. The molecule has 2 aromatic heterocycles. The standard InChI is InChI=1S/C17H25ClN8O2/c1-11-9-25(6-7-26(11)16(27)28-17(2,3)4)12-8-19-15(18)21-14(12)20-13-10-24(5)23-22-13/h8,10-11H,6-7,9H2,1-5H3,(H,19,20,21). The van der Waals surface area contributed by atoms with Crippen LogP contribution >= 0.6 is 11.6 Å². The fourth-order valence-electron chi connectivity index (χ4n) is 2.97. The number of piperazine rings is 1. The third kappa shape index (κ3) is 4.80. The molecule has 0 radical (unpaired) electrons. The number of rotatable bonds is 3. The first-order chi connectivity index (χ1) is 13.1. The highest BCUT2D eigenvalue weighted by Gasteiger charge is 2.32. The normalized spacial score (nSPS) is 17.6. The molecule has 0 bridgehead atoms. The molecule has 1 aliphatic heterocycles. The lowest BCUT2D eigenvalue weighted by Crippen LogP contribution is -2.55. The molecule has 1 atom stereocenters. The van der Waals surface area contributed by atoms with E-state index in [1.165, 1.54) is 0 Å². The Kier molecular flexibility index (Phi) is 5.59. The molecule has 0 aromatic carbocycles. The van der Waals surface area contributed by atoms with Gasteiger partial charge in [-0.2, -0.15) is 4.98 Å². The highest BCUT2D eigenvalue weighted by atomic mass is 35.5. The van der Waals surface area contributed by atoms with Crippen LogP contribution < -0.4 is 10.2 Å². The van der Waals surface area contributed by atoms with Crippen molar-refractivity contribution in [1.29, 1.82) is 0 Å². The lowest BCUT2D eigenvalue weighted by molar-refractivity contribution is 0.0159. The van der Waals surface area contributed by atoms with Gasteiger partial charge >= 0.3 is 6.09 Å². The predicted molar refractivity (Wildman–Crippen MR) is 106 cm³/mol. The predicted octanol–water partition coefficient (Wildman–Crippen LogP) is 2.45. The van der Waals surface area contributed by atoms with Gasteiger partial charge in [-0.05, 0) is 39.3 Å². The number of amides is 1. The molecule has 10 nitrogen and oxygen atoms in total. The van der Waals surface area contributed by atoms with Crippen molar-refractivity contribution >= 4 is 35.0 Å². The molecule has 2 aromatic rings. The molecule has 1 fully saturated rings. The molecule has 152 valence electrons. The first kappa shape index (κ1) is 20.1. The molecule has 11 heteroatoms. The molecule has 1 amide bonds. The van der Waals surface area contributed by atoms with Crippen LogP contribution in [0.1, 0.15) is 27.7 Å². The minimum atomic E-state index is -0.522. The van der Waals surface area contributed by atoms with E-state index in [0.29, 0.717) is 31.3 Å². The van der Waals surface area contributed by atoms with Crippen molar-refractivity contribution in [2.45, 2.75) is 39.3 Å². The zero-order valence-corrected chi connectivity index (χ0v) is 17.4. The maximum absolute atomic E-state index is 12.4. The largest absolute Gasteiger partial charge is 0.444 e. The van der Waals surface area contributed by atoms with E-state index in [0.717, 1.165) is 5.69 Å². The Morgan fingerprint density at radius 2 is 2.11 bits per heavy atom. The summed E-state index contributed by atoms with van der Waals surface area (Å²) in [5.74, 6) is 1.09. The van der Waals surface area contributed by atoms with Gasteiger partial charge in [-0.25, -0.2) is 9.78 Å². The van der Waals surface area contributed by atoms with Crippen molar-refractivity contribution < 1.29 is 9.53 Å². The number of carbonyl (C=O) groups excluding carboxylic acids is 1. The highest BCUT2D eigenvalue weighted by molar-refractivity contribution is 6.28. The van der Waals surface area contributed by atoms with Crippen molar-refractivity contribution in [3.63, 3.8) is 0 Å². The van der Waals surface area contributed by atoms with Gasteiger partial charge in [0.05, 0.1) is 18.1 Å². The van der Waals surface area contributed by atoms with Crippen LogP contribution in [-0.2, 0) is 11.8 Å². The third-order valence-electron chi connectivity index (χ3n) is 4.19. The van der Waals surface area contributed by atoms with Gasteiger partial charge in [-0.3, -0.25) is 4.68 Å². The average Bonchev–Trinajstić information content (AvgIpc) is 2.98. The van der Waals surface area contributed by atoms with Crippen LogP contribution in [0.15, 0.2) is 12.4 Å². The van der Waals surface area contributed by atoms with Crippen LogP contribution in [0.3, 0.4) is 0 Å². The molecule has 0 aliphatic carbocycles. The summed E-state index contributed by atoms with van der Waals surface area (Å²) < 4.78 is 7.10. The van der Waals surface area contributed by atoms with Gasteiger partial charge in [0.1, 0.15) is 5.60 Å². The Hall–Kier alpha value is -2.62. The highest BCUT2D eigenvalue weighted by Crippen LogP contribution is 2.29. The first-order valence-electron chi connectivity index (χ1n) is 9.03. The second-order valence-corrected chi connectivity index (χ2v) is 8.08. The van der Waals surface area contributed by atoms with Crippen LogP contribution in [0.4, 0.5) is 22.1 Å². The van der Waals surface area contributed by atoms with Crippen molar-refractivity contribution in [3.8, 4) is 0 Å². The monoisotopic (exact) mass is 408 g/mol. The maximum atomic E-state index is 12.4. The second-order valence-electron chi connectivity index (χ2n) is 7.74. The van der Waals surface area contributed by atoms with Gasteiger partial charge < -0.3 is 19.9 Å². The van der Waals surface area contributed by atoms with Crippen molar-refractivity contribution in [2.24, 2.45) is 7.05 Å². The number of halogens is 1. The number of hydrogen-bond acceptors (Lipinski definition) is 8. The Morgan fingerprint density at radius 3 is 2.71 bits per heavy atom. The quantitative estimate of drug-likeness (QED) is 0.772. The van der Waals surface area contributed by atoms with Gasteiger partial charge in [0, 0.05) is 32.7 Å². The molecule has 1 unspecified atom stereocenters. The van der Waals surface area contributed by atoms with E-state index in [9.17, 15) is 4.79 Å². The lowest BCUT2D eigenvalue weighted by Gasteiger charge is -2.41. The van der Waals surface area contributed by atoms with Gasteiger partial charge in [0.25, 0.3) is 0 Å². The van der Waals surface area contributed by atoms with E-state index in [2.05, 4.69) is 30.5 Å². The van der Waals surface area contributed by atoms with E-state index in [4.69, 9.17) is 16.3 Å². The summed E-state index contributed by atoms with van der Waals surface area (Å²) in [6.07, 6.45) is 3.11. The number of aromatic nitrogens is 5. The summed E-state index contributed by atoms with van der Waals surface area (Å²) in [4.78, 5) is 24.7. The fraction of sp³-hybridized carbons (Fsp3) is 0.588. The van der Waals surface area contributed by atoms with Crippen molar-refractivity contribution in [3.05, 3.63) is 17.7 Å². The molecule has 0 spiro atoms. The smallest absolute Gasteiger partial charge is 0.410 e. The van der Waals surface area contributed by atoms with Gasteiger partial charge in [0.2, 0.25) is 5.28 Å². The molecule has 1 saturated heterocycles. The summed E-state index contributed by atoms with van der Waals surface area (Å²) in [5, 5.41) is 11.2. The van der Waals surface area contributed by atoms with Gasteiger partial charge in [-0.1, -0.05) is 5.21 Å². The fourth-order valence-corrected chi connectivity index (χ4v) is 3.10. The number of nitrogens with zero attached hydrogens (tertiary/aromatic N) is 7. The molecular formula is C17H25ClN8O2. The van der Waals surface area contributed by atoms with Crippen LogP contribution in [0.5, 0.6) is 0 Å². The molecule has 28 heavy (non-hydrogen) atoms. The molecular weight excluding hydrogens is 384 g/mol. The van der Waals surface area contributed by atoms with E-state index in [-0.39, 0.29) is 17.4 Å². The van der Waals surface area contributed by atoms with Crippen molar-refractivity contribution in [2.75, 3.05) is 29.9 Å². The van der Waals surface area contributed by atoms with Crippen LogP contribution in [-0.4, -0.2) is 67.2 Å². The van der Waals surface area contributed by atoms with Crippen LogP contribution in [0, 0.1) is 0 Å². The maximum Gasteiger partial charge on any atom is 0.410 e.